The van der Waals surface area contributed by atoms with Gasteiger partial charge in [0.2, 0.25) is 0 Å². The second-order valence-corrected chi connectivity index (χ2v) is 4.90. The van der Waals surface area contributed by atoms with E-state index >= 15 is 0 Å². The average molecular weight is 319 g/mol. The van der Waals surface area contributed by atoms with Crippen LogP contribution in [-0.2, 0) is 4.74 Å². The monoisotopic (exact) mass is 319 g/mol. The van der Waals surface area contributed by atoms with E-state index in [-0.39, 0.29) is 0 Å². The third-order valence-electron chi connectivity index (χ3n) is 3.41. The largest absolute Gasteiger partial charge is 0.497 e. The number of methoxy groups -OCH3 is 2. The van der Waals surface area contributed by atoms with Gasteiger partial charge in [0.1, 0.15) is 17.1 Å². The molecule has 0 heterocycles. The van der Waals surface area contributed by atoms with Gasteiger partial charge in [-0.2, -0.15) is 0 Å². The van der Waals surface area contributed by atoms with Crippen LogP contribution < -0.4 is 9.47 Å². The number of nitrogens with zero attached hydrogens (tertiary/aromatic N) is 1. The summed E-state index contributed by atoms with van der Waals surface area (Å²) in [6.07, 6.45) is -0.482. The predicted molar refractivity (Wildman–Crippen MR) is 90.0 cm³/mol. The van der Waals surface area contributed by atoms with E-state index in [1.807, 2.05) is 0 Å². The molecule has 0 unspecified atom stereocenters. The molecule has 0 spiro atoms. The normalized spacial score (nSPS) is 11.4. The third kappa shape index (κ3) is 5.84. The molecule has 5 nitrogen and oxygen atoms in total. The zero-order chi connectivity index (χ0) is 17.2. The molecule has 23 heavy (non-hydrogen) atoms. The first-order chi connectivity index (χ1) is 11.0. The van der Waals surface area contributed by atoms with Crippen molar-refractivity contribution >= 4 is 5.97 Å². The van der Waals surface area contributed by atoms with Crippen LogP contribution in [0.2, 0.25) is 0 Å². The Labute approximate surface area is 138 Å². The van der Waals surface area contributed by atoms with Crippen LogP contribution in [0.3, 0.4) is 0 Å². The molecule has 0 fully saturated rings. The first-order valence-electron chi connectivity index (χ1n) is 7.69. The topological polar surface area (TPSA) is 48.0 Å². The van der Waals surface area contributed by atoms with Crippen molar-refractivity contribution in [1.82, 2.24) is 4.90 Å². The Kier molecular flexibility index (Phi) is 8.00. The van der Waals surface area contributed by atoms with E-state index in [0.717, 1.165) is 13.1 Å². The van der Waals surface area contributed by atoms with Crippen LogP contribution in [0.5, 0.6) is 11.5 Å². The van der Waals surface area contributed by atoms with Crippen molar-refractivity contribution in [3.8, 4) is 23.3 Å². The fourth-order valence-electron chi connectivity index (χ4n) is 1.97. The lowest BCUT2D eigenvalue weighted by Gasteiger charge is -2.14. The minimum Gasteiger partial charge on any atom is -0.497 e. The average Bonchev–Trinajstić information content (AvgIpc) is 2.57. The molecule has 0 aromatic heterocycles. The van der Waals surface area contributed by atoms with Crippen molar-refractivity contribution in [1.29, 1.82) is 0 Å². The Morgan fingerprint density at radius 3 is 2.48 bits per heavy atom. The number of hydrogen-bond acceptors (Lipinski definition) is 5. The second-order valence-electron chi connectivity index (χ2n) is 4.90. The Morgan fingerprint density at radius 1 is 1.22 bits per heavy atom. The molecule has 0 amide bonds. The van der Waals surface area contributed by atoms with Gasteiger partial charge in [0.15, 0.2) is 6.10 Å². The molecule has 0 aliphatic carbocycles. The Bertz CT molecular complexity index is 570. The van der Waals surface area contributed by atoms with E-state index in [1.54, 1.807) is 32.2 Å². The van der Waals surface area contributed by atoms with Crippen LogP contribution in [0.1, 0.15) is 31.1 Å². The number of carbonyl (C=O) groups excluding carboxylic acids is 1. The fraction of sp³-hybridized carbons (Fsp3) is 0.500. The van der Waals surface area contributed by atoms with E-state index in [2.05, 4.69) is 30.6 Å². The van der Waals surface area contributed by atoms with Crippen LogP contribution in [0.15, 0.2) is 18.2 Å². The highest BCUT2D eigenvalue weighted by molar-refractivity contribution is 5.93. The maximum atomic E-state index is 12.2. The molecule has 0 aliphatic rings. The van der Waals surface area contributed by atoms with E-state index in [0.29, 0.717) is 23.6 Å². The van der Waals surface area contributed by atoms with E-state index in [9.17, 15) is 4.79 Å². The molecule has 5 heteroatoms. The maximum Gasteiger partial charge on any atom is 0.343 e. The van der Waals surface area contributed by atoms with Gasteiger partial charge in [-0.15, -0.1) is 0 Å². The number of ether oxygens (including phenoxy) is 3. The molecule has 0 saturated heterocycles. The standard InChI is InChI=1S/C18H25NO4/c1-6-19(7-2)12-8-9-14(3)23-18(20)16-11-10-15(21-4)13-17(16)22-5/h10-11,13-14H,6-7,12H2,1-5H3/t14-/m0/s1. The SMILES string of the molecule is CCN(CC)CC#C[C@H](C)OC(=O)c1ccc(OC)cc1OC. The van der Waals surface area contributed by atoms with Crippen molar-refractivity contribution < 1.29 is 19.0 Å². The quantitative estimate of drug-likeness (QED) is 0.571. The predicted octanol–water partition coefficient (Wildman–Crippen LogP) is 2.59. The first-order valence-corrected chi connectivity index (χ1v) is 7.69. The number of rotatable bonds is 7. The molecule has 0 saturated carbocycles. The molecule has 0 bridgehead atoms. The van der Waals surface area contributed by atoms with Gasteiger partial charge in [-0.1, -0.05) is 25.7 Å². The van der Waals surface area contributed by atoms with Crippen molar-refractivity contribution in [2.75, 3.05) is 33.9 Å². The lowest BCUT2D eigenvalue weighted by Crippen LogP contribution is -2.23. The van der Waals surface area contributed by atoms with E-state index in [4.69, 9.17) is 14.2 Å². The Hall–Kier alpha value is -2.19. The summed E-state index contributed by atoms with van der Waals surface area (Å²) in [5.41, 5.74) is 0.352. The van der Waals surface area contributed by atoms with Gasteiger partial charge >= 0.3 is 5.97 Å². The number of carbonyl (C=O) groups is 1. The summed E-state index contributed by atoms with van der Waals surface area (Å²) in [5.74, 6) is 6.55. The molecule has 1 atom stereocenters. The van der Waals surface area contributed by atoms with E-state index < -0.39 is 12.1 Å². The first kappa shape index (κ1) is 18.9. The number of esters is 1. The molecule has 1 aromatic rings. The molecular weight excluding hydrogens is 294 g/mol. The zero-order valence-corrected chi connectivity index (χ0v) is 14.5. The fourth-order valence-corrected chi connectivity index (χ4v) is 1.97. The van der Waals surface area contributed by atoms with E-state index in [1.165, 1.54) is 7.11 Å². The highest BCUT2D eigenvalue weighted by Crippen LogP contribution is 2.25. The Balaban J connectivity index is 2.70. The summed E-state index contributed by atoms with van der Waals surface area (Å²) < 4.78 is 15.7. The molecule has 0 aliphatic heterocycles. The highest BCUT2D eigenvalue weighted by atomic mass is 16.5. The minimum absolute atomic E-state index is 0.352. The van der Waals surface area contributed by atoms with Crippen LogP contribution in [0, 0.1) is 11.8 Å². The molecule has 0 N–H and O–H groups in total. The van der Waals surface area contributed by atoms with Gasteiger partial charge in [-0.25, -0.2) is 4.79 Å². The lowest BCUT2D eigenvalue weighted by atomic mass is 10.2. The lowest BCUT2D eigenvalue weighted by molar-refractivity contribution is 0.0435. The van der Waals surface area contributed by atoms with Crippen LogP contribution >= 0.6 is 0 Å². The van der Waals surface area contributed by atoms with Gasteiger partial charge in [-0.05, 0) is 32.1 Å². The van der Waals surface area contributed by atoms with Gasteiger partial charge in [0.05, 0.1) is 20.8 Å². The van der Waals surface area contributed by atoms with Crippen LogP contribution in [-0.4, -0.2) is 50.8 Å². The molecular formula is C18H25NO4. The molecule has 1 rings (SSSR count). The van der Waals surface area contributed by atoms with Crippen molar-refractivity contribution in [2.45, 2.75) is 26.9 Å². The Morgan fingerprint density at radius 2 is 1.91 bits per heavy atom. The third-order valence-corrected chi connectivity index (χ3v) is 3.41. The summed E-state index contributed by atoms with van der Waals surface area (Å²) in [5, 5.41) is 0. The van der Waals surface area contributed by atoms with Crippen molar-refractivity contribution in [3.63, 3.8) is 0 Å². The summed E-state index contributed by atoms with van der Waals surface area (Å²) in [7, 11) is 3.05. The van der Waals surface area contributed by atoms with Gasteiger partial charge in [0.25, 0.3) is 0 Å². The number of benzene rings is 1. The van der Waals surface area contributed by atoms with Gasteiger partial charge < -0.3 is 14.2 Å². The summed E-state index contributed by atoms with van der Waals surface area (Å²) >= 11 is 0. The maximum absolute atomic E-state index is 12.2. The highest BCUT2D eigenvalue weighted by Gasteiger charge is 2.16. The van der Waals surface area contributed by atoms with Crippen molar-refractivity contribution in [2.24, 2.45) is 0 Å². The molecule has 126 valence electrons. The van der Waals surface area contributed by atoms with Crippen LogP contribution in [0.25, 0.3) is 0 Å². The molecule has 1 aromatic carbocycles. The smallest absolute Gasteiger partial charge is 0.343 e. The summed E-state index contributed by atoms with van der Waals surface area (Å²) in [4.78, 5) is 14.4. The summed E-state index contributed by atoms with van der Waals surface area (Å²) in [6, 6.07) is 4.96. The van der Waals surface area contributed by atoms with Crippen molar-refractivity contribution in [3.05, 3.63) is 23.8 Å². The minimum atomic E-state index is -0.482. The van der Waals surface area contributed by atoms with Gasteiger partial charge in [0, 0.05) is 6.07 Å². The van der Waals surface area contributed by atoms with Crippen LogP contribution in [0.4, 0.5) is 0 Å². The van der Waals surface area contributed by atoms with Gasteiger partial charge in [-0.3, -0.25) is 4.90 Å². The second kappa shape index (κ2) is 9.75. The molecule has 0 radical (unpaired) electrons. The zero-order valence-electron chi connectivity index (χ0n) is 14.5. The summed E-state index contributed by atoms with van der Waals surface area (Å²) in [6.45, 7) is 8.49. The number of hydrogen-bond donors (Lipinski definition) is 0.